The molecule has 2 aromatic heterocycles. The summed E-state index contributed by atoms with van der Waals surface area (Å²) < 4.78 is 14.2. The van der Waals surface area contributed by atoms with Crippen LogP contribution in [0.2, 0.25) is 0 Å². The summed E-state index contributed by atoms with van der Waals surface area (Å²) >= 11 is 0. The Labute approximate surface area is 189 Å². The highest BCUT2D eigenvalue weighted by atomic mass is 16.5. The minimum Gasteiger partial charge on any atom is -0.394 e. The van der Waals surface area contributed by atoms with Crippen molar-refractivity contribution in [3.05, 3.63) is 57.4 Å². The van der Waals surface area contributed by atoms with E-state index in [4.69, 9.17) is 20.9 Å². The fourth-order valence-electron chi connectivity index (χ4n) is 4.80. The van der Waals surface area contributed by atoms with E-state index in [1.807, 2.05) is 24.5 Å². The molecule has 2 aliphatic carbocycles. The maximum absolute atomic E-state index is 11.9. The molecule has 8 heteroatoms. The molecule has 2 fully saturated rings. The van der Waals surface area contributed by atoms with Gasteiger partial charge in [-0.1, -0.05) is 0 Å². The number of rotatable bonds is 4. The second kappa shape index (κ2) is 11.3. The minimum atomic E-state index is -0.0794. The summed E-state index contributed by atoms with van der Waals surface area (Å²) in [7, 11) is 3.46. The van der Waals surface area contributed by atoms with Crippen LogP contribution in [0, 0.1) is 0 Å². The monoisotopic (exact) mass is 444 g/mol. The SMILES string of the molecule is CO[C@@H]1CCC[C@@H](n2cccc(N)c2=O)C1.CO[C@H]1CCC[C@H](n2cccc(N)c2=O)C1. The van der Waals surface area contributed by atoms with Gasteiger partial charge in [-0.2, -0.15) is 0 Å². The Morgan fingerprint density at radius 2 is 1.16 bits per heavy atom. The van der Waals surface area contributed by atoms with Gasteiger partial charge in [-0.05, 0) is 75.6 Å². The maximum Gasteiger partial charge on any atom is 0.273 e. The lowest BCUT2D eigenvalue weighted by Gasteiger charge is -2.29. The van der Waals surface area contributed by atoms with Crippen molar-refractivity contribution >= 4 is 11.4 Å². The molecule has 176 valence electrons. The van der Waals surface area contributed by atoms with E-state index in [1.165, 1.54) is 0 Å². The largest absolute Gasteiger partial charge is 0.394 e. The van der Waals surface area contributed by atoms with Crippen LogP contribution in [0.15, 0.2) is 46.2 Å². The molecule has 0 aromatic carbocycles. The molecule has 2 heterocycles. The molecule has 0 amide bonds. The van der Waals surface area contributed by atoms with Gasteiger partial charge in [-0.15, -0.1) is 0 Å². The van der Waals surface area contributed by atoms with Gasteiger partial charge < -0.3 is 30.1 Å². The summed E-state index contributed by atoms with van der Waals surface area (Å²) in [6.45, 7) is 0. The van der Waals surface area contributed by atoms with Gasteiger partial charge in [-0.25, -0.2) is 0 Å². The summed E-state index contributed by atoms with van der Waals surface area (Å²) in [6, 6.07) is 7.41. The first kappa shape index (κ1) is 24.1. The first-order valence-corrected chi connectivity index (χ1v) is 11.4. The Hall–Kier alpha value is -2.58. The van der Waals surface area contributed by atoms with Crippen LogP contribution in [-0.2, 0) is 9.47 Å². The van der Waals surface area contributed by atoms with Crippen LogP contribution in [0.1, 0.15) is 63.5 Å². The predicted molar refractivity (Wildman–Crippen MR) is 127 cm³/mol. The average molecular weight is 445 g/mol. The van der Waals surface area contributed by atoms with Crippen LogP contribution in [0.4, 0.5) is 11.4 Å². The van der Waals surface area contributed by atoms with E-state index in [0.717, 1.165) is 51.4 Å². The normalized spacial score (nSPS) is 25.6. The molecular weight excluding hydrogens is 408 g/mol. The van der Waals surface area contributed by atoms with E-state index < -0.39 is 0 Å². The number of nitrogens with two attached hydrogens (primary N) is 2. The quantitative estimate of drug-likeness (QED) is 0.749. The Morgan fingerprint density at radius 1 is 0.750 bits per heavy atom. The van der Waals surface area contributed by atoms with Gasteiger partial charge in [0, 0.05) is 38.7 Å². The zero-order valence-corrected chi connectivity index (χ0v) is 19.1. The summed E-state index contributed by atoms with van der Waals surface area (Å²) in [6.07, 6.45) is 12.4. The van der Waals surface area contributed by atoms with E-state index in [1.54, 1.807) is 35.5 Å². The highest BCUT2D eigenvalue weighted by Gasteiger charge is 2.24. The lowest BCUT2D eigenvalue weighted by Crippen LogP contribution is -2.31. The number of pyridine rings is 2. The summed E-state index contributed by atoms with van der Waals surface area (Å²) in [5, 5.41) is 0. The molecule has 2 saturated carbocycles. The molecule has 0 aliphatic heterocycles. The van der Waals surface area contributed by atoms with Crippen molar-refractivity contribution in [1.82, 2.24) is 9.13 Å². The van der Waals surface area contributed by atoms with Gasteiger partial charge in [0.25, 0.3) is 11.1 Å². The fourth-order valence-corrected chi connectivity index (χ4v) is 4.80. The minimum absolute atomic E-state index is 0.0794. The number of hydrogen-bond acceptors (Lipinski definition) is 6. The molecule has 2 aromatic rings. The number of anilines is 2. The number of nitrogens with zero attached hydrogens (tertiary/aromatic N) is 2. The van der Waals surface area contributed by atoms with Crippen LogP contribution in [0.3, 0.4) is 0 Å². The molecule has 4 rings (SSSR count). The Morgan fingerprint density at radius 3 is 1.53 bits per heavy atom. The van der Waals surface area contributed by atoms with Crippen LogP contribution < -0.4 is 22.6 Å². The van der Waals surface area contributed by atoms with Crippen LogP contribution in [0.25, 0.3) is 0 Å². The lowest BCUT2D eigenvalue weighted by atomic mass is 9.92. The van der Waals surface area contributed by atoms with E-state index in [0.29, 0.717) is 11.4 Å². The zero-order chi connectivity index (χ0) is 23.1. The van der Waals surface area contributed by atoms with Crippen LogP contribution in [0.5, 0.6) is 0 Å². The smallest absolute Gasteiger partial charge is 0.273 e. The fraction of sp³-hybridized carbons (Fsp3) is 0.583. The van der Waals surface area contributed by atoms with Gasteiger partial charge in [-0.3, -0.25) is 9.59 Å². The summed E-state index contributed by atoms with van der Waals surface area (Å²) in [4.78, 5) is 23.7. The highest BCUT2D eigenvalue weighted by Crippen LogP contribution is 2.29. The van der Waals surface area contributed by atoms with Crippen molar-refractivity contribution in [2.24, 2.45) is 0 Å². The second-order valence-electron chi connectivity index (χ2n) is 8.71. The van der Waals surface area contributed by atoms with E-state index in [2.05, 4.69) is 0 Å². The Kier molecular flexibility index (Phi) is 8.53. The molecule has 2 aliphatic rings. The number of methoxy groups -OCH3 is 2. The highest BCUT2D eigenvalue weighted by molar-refractivity contribution is 5.34. The van der Waals surface area contributed by atoms with Crippen molar-refractivity contribution in [3.63, 3.8) is 0 Å². The number of hydrogen-bond donors (Lipinski definition) is 2. The third kappa shape index (κ3) is 5.81. The molecule has 32 heavy (non-hydrogen) atoms. The standard InChI is InChI=1S/2C12H18N2O2/c2*1-16-10-5-2-4-9(8-10)14-7-3-6-11(13)12(14)15/h2*3,6-7,9-10H,2,4-5,8,13H2,1H3/t2*9-,10-/m10/s1. The number of aromatic nitrogens is 2. The van der Waals surface area contributed by atoms with Gasteiger partial charge in [0.1, 0.15) is 0 Å². The molecule has 0 unspecified atom stereocenters. The predicted octanol–water partition coefficient (Wildman–Crippen LogP) is 3.12. The van der Waals surface area contributed by atoms with Crippen molar-refractivity contribution in [2.45, 2.75) is 75.7 Å². The Bertz CT molecular complexity index is 907. The first-order valence-electron chi connectivity index (χ1n) is 11.4. The van der Waals surface area contributed by atoms with Crippen molar-refractivity contribution in [3.8, 4) is 0 Å². The van der Waals surface area contributed by atoms with Gasteiger partial charge in [0.15, 0.2) is 0 Å². The summed E-state index contributed by atoms with van der Waals surface area (Å²) in [5.41, 5.74) is 11.7. The van der Waals surface area contributed by atoms with Crippen molar-refractivity contribution in [1.29, 1.82) is 0 Å². The first-order chi connectivity index (χ1) is 15.4. The molecule has 0 radical (unpaired) electrons. The van der Waals surface area contributed by atoms with Crippen molar-refractivity contribution in [2.75, 3.05) is 25.7 Å². The molecule has 0 saturated heterocycles. The summed E-state index contributed by atoms with van der Waals surface area (Å²) in [5.74, 6) is 0. The maximum atomic E-state index is 11.9. The average Bonchev–Trinajstić information content (AvgIpc) is 2.83. The topological polar surface area (TPSA) is 114 Å². The van der Waals surface area contributed by atoms with Crippen molar-refractivity contribution < 1.29 is 9.47 Å². The molecule has 4 N–H and O–H groups in total. The zero-order valence-electron chi connectivity index (χ0n) is 19.1. The third-order valence-corrected chi connectivity index (χ3v) is 6.66. The third-order valence-electron chi connectivity index (χ3n) is 6.66. The van der Waals surface area contributed by atoms with Crippen LogP contribution in [-0.4, -0.2) is 35.6 Å². The van der Waals surface area contributed by atoms with Crippen LogP contribution >= 0.6 is 0 Å². The van der Waals surface area contributed by atoms with E-state index in [-0.39, 0.29) is 35.4 Å². The van der Waals surface area contributed by atoms with Gasteiger partial charge in [0.2, 0.25) is 0 Å². The molecule has 0 spiro atoms. The molecule has 8 nitrogen and oxygen atoms in total. The van der Waals surface area contributed by atoms with Gasteiger partial charge in [0.05, 0.1) is 23.6 Å². The number of nitrogen functional groups attached to an aromatic ring is 2. The van der Waals surface area contributed by atoms with Gasteiger partial charge >= 0.3 is 0 Å². The lowest BCUT2D eigenvalue weighted by molar-refractivity contribution is 0.0523. The molecule has 0 bridgehead atoms. The van der Waals surface area contributed by atoms with E-state index in [9.17, 15) is 9.59 Å². The second-order valence-corrected chi connectivity index (χ2v) is 8.71. The molecule has 4 atom stereocenters. The Balaban J connectivity index is 0.000000181. The van der Waals surface area contributed by atoms with E-state index >= 15 is 0 Å². The molecular formula is C24H36N4O4. The number of ether oxygens (including phenoxy) is 2.